The van der Waals surface area contributed by atoms with Gasteiger partial charge < -0.3 is 10.6 Å². The number of unbranched alkanes of at least 4 members (excludes halogenated alkanes) is 1. The fourth-order valence-electron chi connectivity index (χ4n) is 3.48. The monoisotopic (exact) mass is 329 g/mol. The van der Waals surface area contributed by atoms with E-state index in [1.807, 2.05) is 13.8 Å². The summed E-state index contributed by atoms with van der Waals surface area (Å²) in [6, 6.07) is 0.690. The first-order valence-corrected chi connectivity index (χ1v) is 9.89. The number of rotatable bonds is 6. The van der Waals surface area contributed by atoms with Crippen molar-refractivity contribution in [2.24, 2.45) is 0 Å². The Kier molecular flexibility index (Phi) is 14.4. The summed E-state index contributed by atoms with van der Waals surface area (Å²) in [5.41, 5.74) is 0.481. The van der Waals surface area contributed by atoms with Gasteiger partial charge >= 0.3 is 0 Å². The average Bonchev–Trinajstić information content (AvgIpc) is 2.43. The summed E-state index contributed by atoms with van der Waals surface area (Å²) in [5, 5.41) is 7.10. The van der Waals surface area contributed by atoms with E-state index in [0.29, 0.717) is 6.04 Å². The van der Waals surface area contributed by atoms with Crippen LogP contribution in [0.1, 0.15) is 94.4 Å². The fraction of sp³-hybridized carbons (Fsp3) is 1.00. The highest BCUT2D eigenvalue weighted by Gasteiger charge is 2.39. The maximum absolute atomic E-state index is 3.77. The molecular weight excluding hydrogens is 282 g/mol. The summed E-state index contributed by atoms with van der Waals surface area (Å²) in [6.45, 7) is 22.1. The van der Waals surface area contributed by atoms with Crippen molar-refractivity contribution in [2.75, 3.05) is 20.3 Å². The van der Waals surface area contributed by atoms with E-state index in [4.69, 9.17) is 0 Å². The molecule has 0 radical (unpaired) electrons. The molecule has 0 aliphatic carbocycles. The van der Waals surface area contributed by atoms with E-state index in [1.165, 1.54) is 38.6 Å². The van der Waals surface area contributed by atoms with Crippen molar-refractivity contribution in [2.45, 2.75) is 112 Å². The Bertz CT molecular complexity index is 246. The lowest BCUT2D eigenvalue weighted by Gasteiger charge is -2.49. The lowest BCUT2D eigenvalue weighted by atomic mass is 9.79. The summed E-state index contributed by atoms with van der Waals surface area (Å²) in [6.07, 6.45) is 6.30. The van der Waals surface area contributed by atoms with Crippen LogP contribution in [0.25, 0.3) is 0 Å². The molecule has 0 amide bonds. The lowest BCUT2D eigenvalue weighted by molar-refractivity contribution is 0.0615. The molecule has 0 aromatic carbocycles. The van der Waals surface area contributed by atoms with E-state index in [-0.39, 0.29) is 11.1 Å². The molecule has 3 heteroatoms. The van der Waals surface area contributed by atoms with Gasteiger partial charge in [0.2, 0.25) is 0 Å². The van der Waals surface area contributed by atoms with E-state index in [9.17, 15) is 0 Å². The second kappa shape index (κ2) is 13.2. The summed E-state index contributed by atoms with van der Waals surface area (Å²) in [5.74, 6) is 0. The summed E-state index contributed by atoms with van der Waals surface area (Å²) >= 11 is 0. The highest BCUT2D eigenvalue weighted by atomic mass is 15.3. The lowest BCUT2D eigenvalue weighted by Crippen LogP contribution is -2.62. The van der Waals surface area contributed by atoms with Crippen molar-refractivity contribution >= 4 is 0 Å². The maximum atomic E-state index is 3.77. The van der Waals surface area contributed by atoms with Gasteiger partial charge in [0.1, 0.15) is 0 Å². The zero-order valence-corrected chi connectivity index (χ0v) is 18.0. The van der Waals surface area contributed by atoms with Crippen LogP contribution in [0.5, 0.6) is 0 Å². The molecular formula is C20H47N3. The molecule has 1 aliphatic heterocycles. The average molecular weight is 330 g/mol. The number of nitrogens with zero attached hydrogens (tertiary/aromatic N) is 1. The Balaban J connectivity index is 0. The molecule has 23 heavy (non-hydrogen) atoms. The zero-order chi connectivity index (χ0) is 18.5. The molecule has 1 heterocycles. The van der Waals surface area contributed by atoms with E-state index in [2.05, 4.69) is 71.0 Å². The third kappa shape index (κ3) is 12.0. The molecule has 0 spiro atoms. The highest BCUT2D eigenvalue weighted by molar-refractivity contribution is 5.00. The zero-order valence-electron chi connectivity index (χ0n) is 18.0. The summed E-state index contributed by atoms with van der Waals surface area (Å²) < 4.78 is 0. The predicted octanol–water partition coefficient (Wildman–Crippen LogP) is 5.02. The van der Waals surface area contributed by atoms with Crippen LogP contribution in [0.3, 0.4) is 0 Å². The standard InChI is InChI=1S/C15H33N3.C3H8.C2H6/c1-7-8-9-18(12-16-6)13-10-14(2,3)17-15(4,5)11-13;1-3-2;1-2/h13,16-17H,7-12H2,1-6H3;3H2,1-2H3;1-2H3. The molecule has 1 fully saturated rings. The maximum Gasteiger partial charge on any atom is 0.0480 e. The third-order valence-electron chi connectivity index (χ3n) is 3.85. The summed E-state index contributed by atoms with van der Waals surface area (Å²) in [4.78, 5) is 2.63. The van der Waals surface area contributed by atoms with Crippen molar-refractivity contribution in [1.29, 1.82) is 0 Å². The van der Waals surface area contributed by atoms with E-state index in [1.54, 1.807) is 0 Å². The molecule has 0 unspecified atom stereocenters. The smallest absolute Gasteiger partial charge is 0.0480 e. The third-order valence-corrected chi connectivity index (χ3v) is 3.85. The van der Waals surface area contributed by atoms with Crippen molar-refractivity contribution in [1.82, 2.24) is 15.5 Å². The first kappa shape index (κ1) is 25.1. The molecule has 0 saturated carbocycles. The van der Waals surface area contributed by atoms with Crippen LogP contribution >= 0.6 is 0 Å². The van der Waals surface area contributed by atoms with Crippen LogP contribution in [-0.2, 0) is 0 Å². The number of hydrogen-bond donors (Lipinski definition) is 2. The van der Waals surface area contributed by atoms with Crippen molar-refractivity contribution in [3.05, 3.63) is 0 Å². The predicted molar refractivity (Wildman–Crippen MR) is 107 cm³/mol. The van der Waals surface area contributed by atoms with Crippen LogP contribution in [0, 0.1) is 0 Å². The van der Waals surface area contributed by atoms with Gasteiger partial charge in [0.15, 0.2) is 0 Å². The number of piperidine rings is 1. The molecule has 2 N–H and O–H groups in total. The van der Waals surface area contributed by atoms with Gasteiger partial charge in [0.05, 0.1) is 0 Å². The van der Waals surface area contributed by atoms with Crippen molar-refractivity contribution in [3.63, 3.8) is 0 Å². The van der Waals surface area contributed by atoms with E-state index >= 15 is 0 Å². The van der Waals surface area contributed by atoms with Crippen LogP contribution in [0.15, 0.2) is 0 Å². The Morgan fingerprint density at radius 2 is 1.43 bits per heavy atom. The molecule has 1 aliphatic rings. The second-order valence-electron chi connectivity index (χ2n) is 7.84. The first-order chi connectivity index (χ1) is 10.7. The minimum Gasteiger partial charge on any atom is -0.307 e. The van der Waals surface area contributed by atoms with Crippen LogP contribution < -0.4 is 10.6 Å². The number of hydrogen-bond acceptors (Lipinski definition) is 3. The van der Waals surface area contributed by atoms with Crippen molar-refractivity contribution in [3.8, 4) is 0 Å². The van der Waals surface area contributed by atoms with Gasteiger partial charge in [-0.05, 0) is 60.5 Å². The van der Waals surface area contributed by atoms with Gasteiger partial charge in [0.25, 0.3) is 0 Å². The minimum atomic E-state index is 0.241. The highest BCUT2D eigenvalue weighted by Crippen LogP contribution is 2.31. The van der Waals surface area contributed by atoms with Crippen molar-refractivity contribution < 1.29 is 0 Å². The molecule has 0 bridgehead atoms. The second-order valence-corrected chi connectivity index (χ2v) is 7.84. The topological polar surface area (TPSA) is 27.3 Å². The number of nitrogens with one attached hydrogen (secondary N) is 2. The van der Waals surface area contributed by atoms with Gasteiger partial charge in [-0.25, -0.2) is 0 Å². The largest absolute Gasteiger partial charge is 0.307 e. The van der Waals surface area contributed by atoms with Gasteiger partial charge in [-0.1, -0.05) is 47.5 Å². The van der Waals surface area contributed by atoms with E-state index < -0.39 is 0 Å². The molecule has 0 aromatic heterocycles. The molecule has 1 rings (SSSR count). The van der Waals surface area contributed by atoms with Gasteiger partial charge in [-0.15, -0.1) is 0 Å². The quantitative estimate of drug-likeness (QED) is 0.670. The fourth-order valence-corrected chi connectivity index (χ4v) is 3.48. The molecule has 1 saturated heterocycles. The first-order valence-electron chi connectivity index (χ1n) is 9.89. The molecule has 3 nitrogen and oxygen atoms in total. The van der Waals surface area contributed by atoms with Gasteiger partial charge in [0, 0.05) is 23.8 Å². The van der Waals surface area contributed by atoms with Gasteiger partial charge in [-0.3, -0.25) is 4.90 Å². The Hall–Kier alpha value is -0.120. The van der Waals surface area contributed by atoms with Crippen LogP contribution in [-0.4, -0.2) is 42.3 Å². The SMILES string of the molecule is CC.CCC.CCCCN(CNC)C1CC(C)(C)NC(C)(C)C1. The Labute approximate surface area is 148 Å². The van der Waals surface area contributed by atoms with Crippen LogP contribution in [0.4, 0.5) is 0 Å². The minimum absolute atomic E-state index is 0.241. The van der Waals surface area contributed by atoms with E-state index in [0.717, 1.165) is 6.67 Å². The normalized spacial score (nSPS) is 19.4. The Morgan fingerprint density at radius 3 is 1.78 bits per heavy atom. The molecule has 0 aromatic rings. The molecule has 0 atom stereocenters. The summed E-state index contributed by atoms with van der Waals surface area (Å²) in [7, 11) is 2.05. The van der Waals surface area contributed by atoms with Crippen LogP contribution in [0.2, 0.25) is 0 Å². The van der Waals surface area contributed by atoms with Gasteiger partial charge in [-0.2, -0.15) is 0 Å². The molecule has 142 valence electrons. The Morgan fingerprint density at radius 1 is 1.00 bits per heavy atom.